The van der Waals surface area contributed by atoms with E-state index in [1.165, 1.54) is 19.6 Å². The predicted molar refractivity (Wildman–Crippen MR) is 77.1 cm³/mol. The molecule has 1 saturated heterocycles. The molecule has 0 radical (unpaired) electrons. The van der Waals surface area contributed by atoms with Gasteiger partial charge >= 0.3 is 0 Å². The van der Waals surface area contributed by atoms with Crippen LogP contribution in [0.4, 0.5) is 0 Å². The molecule has 1 fully saturated rings. The highest BCUT2D eigenvalue weighted by molar-refractivity contribution is 4.94. The summed E-state index contributed by atoms with van der Waals surface area (Å²) in [6.07, 6.45) is 2.04. The van der Waals surface area contributed by atoms with Crippen LogP contribution in [0.1, 0.15) is 38.8 Å². The molecule has 2 rings (SSSR count). The Hall–Kier alpha value is -0.940. The van der Waals surface area contributed by atoms with Crippen molar-refractivity contribution < 1.29 is 0 Å². The van der Waals surface area contributed by atoms with Crippen LogP contribution >= 0.6 is 0 Å². The zero-order valence-corrected chi connectivity index (χ0v) is 12.6. The van der Waals surface area contributed by atoms with Crippen molar-refractivity contribution in [3.05, 3.63) is 11.6 Å². The van der Waals surface area contributed by atoms with Crippen LogP contribution in [-0.2, 0) is 19.5 Å². The van der Waals surface area contributed by atoms with Crippen molar-refractivity contribution in [2.24, 2.45) is 0 Å². The zero-order chi connectivity index (χ0) is 13.7. The smallest absolute Gasteiger partial charge is 0.150 e. The van der Waals surface area contributed by atoms with E-state index in [-0.39, 0.29) is 0 Å². The molecule has 1 aliphatic heterocycles. The molecule has 0 bridgehead atoms. The summed E-state index contributed by atoms with van der Waals surface area (Å²) in [4.78, 5) is 9.68. The maximum atomic E-state index is 4.68. The largest absolute Gasteiger partial charge is 0.301 e. The van der Waals surface area contributed by atoms with E-state index in [0.717, 1.165) is 50.7 Å². The molecule has 0 aliphatic carbocycles. The average molecular weight is 265 g/mol. The molecule has 0 aromatic carbocycles. The second-order valence-electron chi connectivity index (χ2n) is 5.23. The van der Waals surface area contributed by atoms with Crippen molar-refractivity contribution in [3.8, 4) is 0 Å². The van der Waals surface area contributed by atoms with Gasteiger partial charge in [0.05, 0.1) is 6.54 Å². The molecule has 0 saturated carbocycles. The molecule has 1 aliphatic rings. The van der Waals surface area contributed by atoms with Gasteiger partial charge in [0.2, 0.25) is 0 Å². The molecule has 1 aromatic rings. The van der Waals surface area contributed by atoms with Gasteiger partial charge in [0, 0.05) is 39.1 Å². The van der Waals surface area contributed by atoms with Crippen LogP contribution in [0, 0.1) is 0 Å². The number of hydrogen-bond acceptors (Lipinski definition) is 4. The Kier molecular flexibility index (Phi) is 5.34. The van der Waals surface area contributed by atoms with Crippen LogP contribution in [0.15, 0.2) is 0 Å². The molecule has 1 aromatic heterocycles. The van der Waals surface area contributed by atoms with Crippen molar-refractivity contribution in [1.82, 2.24) is 24.6 Å². The lowest BCUT2D eigenvalue weighted by Gasteiger charge is -2.33. The Labute approximate surface area is 116 Å². The van der Waals surface area contributed by atoms with E-state index in [2.05, 4.69) is 45.3 Å². The summed E-state index contributed by atoms with van der Waals surface area (Å²) in [5.41, 5.74) is 0. The normalized spacial score (nSPS) is 18.1. The third-order valence-corrected chi connectivity index (χ3v) is 3.82. The molecular formula is C14H27N5. The lowest BCUT2D eigenvalue weighted by Crippen LogP contribution is -2.45. The summed E-state index contributed by atoms with van der Waals surface area (Å²) in [5, 5.41) is 4.58. The first-order valence-electron chi connectivity index (χ1n) is 7.64. The lowest BCUT2D eigenvalue weighted by molar-refractivity contribution is 0.128. The second-order valence-corrected chi connectivity index (χ2v) is 5.23. The molecule has 5 nitrogen and oxygen atoms in total. The molecular weight excluding hydrogens is 238 g/mol. The van der Waals surface area contributed by atoms with E-state index in [4.69, 9.17) is 0 Å². The molecule has 0 atom stereocenters. The van der Waals surface area contributed by atoms with Gasteiger partial charge in [-0.15, -0.1) is 0 Å². The van der Waals surface area contributed by atoms with Gasteiger partial charge in [0.1, 0.15) is 5.82 Å². The zero-order valence-electron chi connectivity index (χ0n) is 12.6. The average Bonchev–Trinajstić information content (AvgIpc) is 2.82. The van der Waals surface area contributed by atoms with Crippen LogP contribution in [0.25, 0.3) is 0 Å². The first-order valence-corrected chi connectivity index (χ1v) is 7.64. The number of aryl methyl sites for hydroxylation is 2. The fourth-order valence-corrected chi connectivity index (χ4v) is 2.55. The first kappa shape index (κ1) is 14.5. The summed E-state index contributed by atoms with van der Waals surface area (Å²) in [5.74, 6) is 2.12. The van der Waals surface area contributed by atoms with Crippen molar-refractivity contribution >= 4 is 0 Å². The van der Waals surface area contributed by atoms with Crippen molar-refractivity contribution in [3.63, 3.8) is 0 Å². The summed E-state index contributed by atoms with van der Waals surface area (Å²) in [7, 11) is 0. The number of rotatable bonds is 6. The highest BCUT2D eigenvalue weighted by Gasteiger charge is 2.18. The fraction of sp³-hybridized carbons (Fsp3) is 0.857. The highest BCUT2D eigenvalue weighted by atomic mass is 15.4. The number of piperazine rings is 1. The SMILES string of the molecule is CCCn1nc(CC)nc1CN1CCN(CC)CC1. The first-order chi connectivity index (χ1) is 9.26. The Bertz CT molecular complexity index is 379. The number of likely N-dealkylation sites (N-methyl/N-ethyl adjacent to an activating group) is 1. The van der Waals surface area contributed by atoms with E-state index < -0.39 is 0 Å². The van der Waals surface area contributed by atoms with E-state index in [1.54, 1.807) is 0 Å². The Balaban J connectivity index is 1.96. The second kappa shape index (κ2) is 7.01. The summed E-state index contributed by atoms with van der Waals surface area (Å²) >= 11 is 0. The number of aromatic nitrogens is 3. The van der Waals surface area contributed by atoms with Gasteiger partial charge in [-0.2, -0.15) is 5.10 Å². The van der Waals surface area contributed by atoms with Crippen LogP contribution in [0.3, 0.4) is 0 Å². The minimum atomic E-state index is 0.924. The monoisotopic (exact) mass is 265 g/mol. The summed E-state index contributed by atoms with van der Waals surface area (Å²) < 4.78 is 2.10. The highest BCUT2D eigenvalue weighted by Crippen LogP contribution is 2.08. The van der Waals surface area contributed by atoms with E-state index in [1.807, 2.05) is 0 Å². The fourth-order valence-electron chi connectivity index (χ4n) is 2.55. The van der Waals surface area contributed by atoms with Crippen LogP contribution < -0.4 is 0 Å². The van der Waals surface area contributed by atoms with Crippen molar-refractivity contribution in [2.45, 2.75) is 46.7 Å². The van der Waals surface area contributed by atoms with Gasteiger partial charge in [-0.1, -0.05) is 20.8 Å². The Morgan fingerprint density at radius 2 is 1.68 bits per heavy atom. The molecule has 0 N–H and O–H groups in total. The van der Waals surface area contributed by atoms with Gasteiger partial charge in [0.15, 0.2) is 5.82 Å². The third kappa shape index (κ3) is 3.76. The van der Waals surface area contributed by atoms with Gasteiger partial charge in [-0.3, -0.25) is 4.90 Å². The minimum Gasteiger partial charge on any atom is -0.301 e. The molecule has 5 heteroatoms. The van der Waals surface area contributed by atoms with Gasteiger partial charge in [-0.25, -0.2) is 9.67 Å². The number of hydrogen-bond donors (Lipinski definition) is 0. The standard InChI is InChI=1S/C14H27N5/c1-4-7-19-14(15-13(5-2)16-19)12-18-10-8-17(6-3)9-11-18/h4-12H2,1-3H3. The van der Waals surface area contributed by atoms with E-state index in [9.17, 15) is 0 Å². The summed E-state index contributed by atoms with van der Waals surface area (Å²) in [6, 6.07) is 0. The lowest BCUT2D eigenvalue weighted by atomic mass is 10.3. The Morgan fingerprint density at radius 3 is 2.26 bits per heavy atom. The van der Waals surface area contributed by atoms with E-state index in [0.29, 0.717) is 0 Å². The predicted octanol–water partition coefficient (Wildman–Crippen LogP) is 1.39. The maximum Gasteiger partial charge on any atom is 0.150 e. The van der Waals surface area contributed by atoms with Crippen LogP contribution in [-0.4, -0.2) is 57.3 Å². The van der Waals surface area contributed by atoms with Crippen LogP contribution in [0.5, 0.6) is 0 Å². The third-order valence-electron chi connectivity index (χ3n) is 3.82. The van der Waals surface area contributed by atoms with Gasteiger partial charge < -0.3 is 4.90 Å². The molecule has 19 heavy (non-hydrogen) atoms. The minimum absolute atomic E-state index is 0.924. The number of nitrogens with zero attached hydrogens (tertiary/aromatic N) is 5. The van der Waals surface area contributed by atoms with Crippen molar-refractivity contribution in [2.75, 3.05) is 32.7 Å². The van der Waals surface area contributed by atoms with Crippen molar-refractivity contribution in [1.29, 1.82) is 0 Å². The molecule has 0 spiro atoms. The van der Waals surface area contributed by atoms with Gasteiger partial charge in [-0.05, 0) is 13.0 Å². The molecule has 0 unspecified atom stereocenters. The Morgan fingerprint density at radius 1 is 1.00 bits per heavy atom. The molecule has 2 heterocycles. The van der Waals surface area contributed by atoms with Crippen LogP contribution in [0.2, 0.25) is 0 Å². The quantitative estimate of drug-likeness (QED) is 0.779. The molecule has 108 valence electrons. The van der Waals surface area contributed by atoms with E-state index >= 15 is 0 Å². The topological polar surface area (TPSA) is 37.2 Å². The molecule has 0 amide bonds. The summed E-state index contributed by atoms with van der Waals surface area (Å²) in [6.45, 7) is 14.3. The maximum absolute atomic E-state index is 4.68. The van der Waals surface area contributed by atoms with Gasteiger partial charge in [0.25, 0.3) is 0 Å².